The van der Waals surface area contributed by atoms with E-state index >= 15 is 0 Å². The number of carbonyl (C=O) groups excluding carboxylic acids is 1. The number of nitrogens with one attached hydrogen (secondary N) is 1. The molecule has 0 unspecified atom stereocenters. The number of rotatable bonds is 9. The van der Waals surface area contributed by atoms with Crippen LogP contribution in [0, 0.1) is 12.8 Å². The van der Waals surface area contributed by atoms with Crippen LogP contribution in [-0.4, -0.2) is 53.5 Å². The van der Waals surface area contributed by atoms with E-state index in [0.717, 1.165) is 54.3 Å². The summed E-state index contributed by atoms with van der Waals surface area (Å²) in [6, 6.07) is 15.7. The van der Waals surface area contributed by atoms with E-state index in [2.05, 4.69) is 45.1 Å². The van der Waals surface area contributed by atoms with Crippen molar-refractivity contribution in [3.05, 3.63) is 75.4 Å². The first-order valence-electron chi connectivity index (χ1n) is 12.0. The molecular formula is C27H33BrN4O3. The van der Waals surface area contributed by atoms with Gasteiger partial charge in [-0.25, -0.2) is 0 Å². The highest BCUT2D eigenvalue weighted by molar-refractivity contribution is 9.10. The Morgan fingerprint density at radius 3 is 2.57 bits per heavy atom. The van der Waals surface area contributed by atoms with Gasteiger partial charge >= 0.3 is 0 Å². The van der Waals surface area contributed by atoms with Crippen LogP contribution in [0.4, 0.5) is 5.82 Å². The summed E-state index contributed by atoms with van der Waals surface area (Å²) < 4.78 is 14.3. The predicted octanol–water partition coefficient (Wildman–Crippen LogP) is 5.12. The van der Waals surface area contributed by atoms with Crippen LogP contribution in [0.5, 0.6) is 5.75 Å². The molecule has 4 rings (SSSR count). The molecule has 1 aromatic heterocycles. The molecule has 7 nitrogen and oxygen atoms in total. The average Bonchev–Trinajstić information content (AvgIpc) is 3.17. The molecule has 2 heterocycles. The molecule has 186 valence electrons. The van der Waals surface area contributed by atoms with Gasteiger partial charge in [-0.05, 0) is 48.7 Å². The first kappa shape index (κ1) is 25.4. The summed E-state index contributed by atoms with van der Waals surface area (Å²) in [5, 5.41) is 7.56. The van der Waals surface area contributed by atoms with Gasteiger partial charge in [-0.3, -0.25) is 14.4 Å². The predicted molar refractivity (Wildman–Crippen MR) is 141 cm³/mol. The average molecular weight is 541 g/mol. The molecule has 0 atom stereocenters. The molecule has 1 saturated heterocycles. The third-order valence-electron chi connectivity index (χ3n) is 5.86. The SMILES string of the molecule is Cc1cc(NC(=O)c2ccc(CN3CCOCC3)cc2)nn1Cc1cc(Br)ccc1OCC(C)C. The normalized spacial score (nSPS) is 14.3. The van der Waals surface area contributed by atoms with Gasteiger partial charge in [0.15, 0.2) is 5.82 Å². The summed E-state index contributed by atoms with van der Waals surface area (Å²) in [7, 11) is 0. The van der Waals surface area contributed by atoms with Crippen LogP contribution in [0.3, 0.4) is 0 Å². The number of hydrogen-bond donors (Lipinski definition) is 1. The first-order chi connectivity index (χ1) is 16.9. The molecule has 0 spiro atoms. The molecule has 35 heavy (non-hydrogen) atoms. The Morgan fingerprint density at radius 2 is 1.86 bits per heavy atom. The van der Waals surface area contributed by atoms with Gasteiger partial charge in [0.25, 0.3) is 5.91 Å². The molecule has 2 aromatic carbocycles. The number of amides is 1. The molecular weight excluding hydrogens is 508 g/mol. The lowest BCUT2D eigenvalue weighted by Gasteiger charge is -2.26. The zero-order valence-electron chi connectivity index (χ0n) is 20.6. The summed E-state index contributed by atoms with van der Waals surface area (Å²) >= 11 is 3.55. The molecule has 0 radical (unpaired) electrons. The van der Waals surface area contributed by atoms with Crippen LogP contribution in [0.1, 0.15) is 41.0 Å². The van der Waals surface area contributed by atoms with E-state index in [1.807, 2.05) is 60.1 Å². The lowest BCUT2D eigenvalue weighted by molar-refractivity contribution is 0.0342. The van der Waals surface area contributed by atoms with Crippen LogP contribution in [0.25, 0.3) is 0 Å². The van der Waals surface area contributed by atoms with Gasteiger partial charge in [0.1, 0.15) is 5.75 Å². The molecule has 1 N–H and O–H groups in total. The molecule has 8 heteroatoms. The van der Waals surface area contributed by atoms with Crippen molar-refractivity contribution in [3.63, 3.8) is 0 Å². The Kier molecular flexibility index (Phi) is 8.59. The minimum atomic E-state index is -0.170. The van der Waals surface area contributed by atoms with E-state index in [1.165, 1.54) is 5.56 Å². The quantitative estimate of drug-likeness (QED) is 0.407. The van der Waals surface area contributed by atoms with Crippen LogP contribution in [0.2, 0.25) is 0 Å². The second kappa shape index (κ2) is 11.8. The van der Waals surface area contributed by atoms with E-state index in [0.29, 0.717) is 30.5 Å². The zero-order valence-corrected chi connectivity index (χ0v) is 22.2. The van der Waals surface area contributed by atoms with Gasteiger partial charge in [0.2, 0.25) is 0 Å². The van der Waals surface area contributed by atoms with Crippen LogP contribution >= 0.6 is 15.9 Å². The Morgan fingerprint density at radius 1 is 1.11 bits per heavy atom. The van der Waals surface area contributed by atoms with Crippen molar-refractivity contribution in [3.8, 4) is 5.75 Å². The monoisotopic (exact) mass is 540 g/mol. The molecule has 3 aromatic rings. The van der Waals surface area contributed by atoms with E-state index < -0.39 is 0 Å². The fourth-order valence-electron chi connectivity index (χ4n) is 3.93. The van der Waals surface area contributed by atoms with Crippen molar-refractivity contribution >= 4 is 27.7 Å². The number of aromatic nitrogens is 2. The van der Waals surface area contributed by atoms with Gasteiger partial charge in [-0.15, -0.1) is 0 Å². The fraction of sp³-hybridized carbons (Fsp3) is 0.407. The Balaban J connectivity index is 1.40. The number of carbonyl (C=O) groups is 1. The maximum atomic E-state index is 12.8. The summed E-state index contributed by atoms with van der Waals surface area (Å²) in [6.45, 7) is 11.7. The first-order valence-corrected chi connectivity index (χ1v) is 12.8. The molecule has 0 aliphatic carbocycles. The smallest absolute Gasteiger partial charge is 0.256 e. The number of halogens is 1. The maximum absolute atomic E-state index is 12.8. The van der Waals surface area contributed by atoms with E-state index in [9.17, 15) is 4.79 Å². The highest BCUT2D eigenvalue weighted by Crippen LogP contribution is 2.25. The lowest BCUT2D eigenvalue weighted by atomic mass is 10.1. The second-order valence-electron chi connectivity index (χ2n) is 9.33. The van der Waals surface area contributed by atoms with Crippen molar-refractivity contribution < 1.29 is 14.3 Å². The summed E-state index contributed by atoms with van der Waals surface area (Å²) in [5.74, 6) is 1.65. The Hall–Kier alpha value is -2.68. The number of morpholine rings is 1. The van der Waals surface area contributed by atoms with Crippen LogP contribution in [0.15, 0.2) is 53.0 Å². The van der Waals surface area contributed by atoms with Crippen molar-refractivity contribution in [2.45, 2.75) is 33.9 Å². The lowest BCUT2D eigenvalue weighted by Crippen LogP contribution is -2.35. The molecule has 1 amide bonds. The number of ether oxygens (including phenoxy) is 2. The summed E-state index contributed by atoms with van der Waals surface area (Å²) in [5.41, 5.74) is 3.78. The number of nitrogens with zero attached hydrogens (tertiary/aromatic N) is 3. The van der Waals surface area contributed by atoms with Crippen molar-refractivity contribution in [2.75, 3.05) is 38.2 Å². The fourth-order valence-corrected chi connectivity index (χ4v) is 4.34. The zero-order chi connectivity index (χ0) is 24.8. The molecule has 1 fully saturated rings. The standard InChI is InChI=1S/C27H33BrN4O3/c1-19(2)18-35-25-9-8-24(28)15-23(25)17-32-20(3)14-26(30-32)29-27(33)22-6-4-21(5-7-22)16-31-10-12-34-13-11-31/h4-9,14-15,19H,10-13,16-18H2,1-3H3,(H,29,30,33). The van der Waals surface area contributed by atoms with Crippen molar-refractivity contribution in [1.29, 1.82) is 0 Å². The van der Waals surface area contributed by atoms with Crippen LogP contribution in [-0.2, 0) is 17.8 Å². The maximum Gasteiger partial charge on any atom is 0.256 e. The molecule has 0 saturated carbocycles. The minimum Gasteiger partial charge on any atom is -0.493 e. The minimum absolute atomic E-state index is 0.170. The number of aryl methyl sites for hydroxylation is 1. The third kappa shape index (κ3) is 7.16. The largest absolute Gasteiger partial charge is 0.493 e. The van der Waals surface area contributed by atoms with Crippen molar-refractivity contribution in [1.82, 2.24) is 14.7 Å². The molecule has 0 bridgehead atoms. The second-order valence-corrected chi connectivity index (χ2v) is 10.2. The Bertz CT molecular complexity index is 1140. The number of anilines is 1. The van der Waals surface area contributed by atoms with Gasteiger partial charge < -0.3 is 14.8 Å². The highest BCUT2D eigenvalue weighted by Gasteiger charge is 2.14. The summed E-state index contributed by atoms with van der Waals surface area (Å²) in [4.78, 5) is 15.2. The van der Waals surface area contributed by atoms with Gasteiger partial charge in [-0.1, -0.05) is 41.9 Å². The summed E-state index contributed by atoms with van der Waals surface area (Å²) in [6.07, 6.45) is 0. The third-order valence-corrected chi connectivity index (χ3v) is 6.36. The van der Waals surface area contributed by atoms with Gasteiger partial charge in [-0.2, -0.15) is 5.10 Å². The Labute approximate surface area is 215 Å². The van der Waals surface area contributed by atoms with E-state index in [4.69, 9.17) is 9.47 Å². The number of benzene rings is 2. The highest BCUT2D eigenvalue weighted by atomic mass is 79.9. The van der Waals surface area contributed by atoms with Crippen molar-refractivity contribution in [2.24, 2.45) is 5.92 Å². The topological polar surface area (TPSA) is 68.6 Å². The van der Waals surface area contributed by atoms with Gasteiger partial charge in [0.05, 0.1) is 26.4 Å². The molecule has 1 aliphatic rings. The van der Waals surface area contributed by atoms with E-state index in [-0.39, 0.29) is 5.91 Å². The van der Waals surface area contributed by atoms with Gasteiger partial charge in [0, 0.05) is 47.0 Å². The number of hydrogen-bond acceptors (Lipinski definition) is 5. The van der Waals surface area contributed by atoms with Crippen LogP contribution < -0.4 is 10.1 Å². The molecule has 1 aliphatic heterocycles. The van der Waals surface area contributed by atoms with E-state index in [1.54, 1.807) is 0 Å².